The molecule has 1 aliphatic rings. The van der Waals surface area contributed by atoms with Crippen molar-refractivity contribution in [3.63, 3.8) is 0 Å². The first-order valence-electron chi connectivity index (χ1n) is 8.94. The molecule has 4 heterocycles. The number of carbonyl (C=O) groups excluding carboxylic acids is 1. The van der Waals surface area contributed by atoms with E-state index in [1.807, 2.05) is 0 Å². The van der Waals surface area contributed by atoms with Crippen LogP contribution in [0.4, 0.5) is 0 Å². The van der Waals surface area contributed by atoms with E-state index in [9.17, 15) is 9.90 Å². The highest BCUT2D eigenvalue weighted by molar-refractivity contribution is 5.98. The quantitative estimate of drug-likeness (QED) is 0.456. The maximum Gasteiger partial charge on any atom is 0.271 e. The van der Waals surface area contributed by atoms with E-state index in [0.29, 0.717) is 35.4 Å². The first kappa shape index (κ1) is 17.3. The van der Waals surface area contributed by atoms with Crippen LogP contribution in [0, 0.1) is 0 Å². The van der Waals surface area contributed by atoms with Crippen LogP contribution < -0.4 is 5.73 Å². The number of primary amides is 1. The number of amides is 1. The van der Waals surface area contributed by atoms with Crippen LogP contribution in [0.15, 0.2) is 41.6 Å². The lowest BCUT2D eigenvalue weighted by molar-refractivity contribution is 0.0435. The van der Waals surface area contributed by atoms with Crippen LogP contribution >= 0.6 is 0 Å². The number of aliphatic hydroxyl groups excluding tert-OH is 1. The molecule has 0 bridgehead atoms. The predicted octanol–water partition coefficient (Wildman–Crippen LogP) is 1.18. The summed E-state index contributed by atoms with van der Waals surface area (Å²) >= 11 is 0. The summed E-state index contributed by atoms with van der Waals surface area (Å²) in [6, 6.07) is 0.0439. The second kappa shape index (κ2) is 6.63. The van der Waals surface area contributed by atoms with Gasteiger partial charge in [0.2, 0.25) is 5.89 Å². The SMILES string of the molecule is NC(=O)c1nc(-c2cn[nH]c2)oc1-c1cn(C2CC(O)C2)nc1-c1cnccn1. The molecular formula is C18H16N8O3. The summed E-state index contributed by atoms with van der Waals surface area (Å²) in [5.74, 6) is -0.324. The van der Waals surface area contributed by atoms with Gasteiger partial charge < -0.3 is 15.3 Å². The van der Waals surface area contributed by atoms with E-state index in [1.54, 1.807) is 35.7 Å². The van der Waals surface area contributed by atoms with Crippen LogP contribution in [0.1, 0.15) is 29.4 Å². The van der Waals surface area contributed by atoms with Crippen LogP contribution in [0.5, 0.6) is 0 Å². The Morgan fingerprint density at radius 2 is 2.17 bits per heavy atom. The predicted molar refractivity (Wildman–Crippen MR) is 99.1 cm³/mol. The van der Waals surface area contributed by atoms with Gasteiger partial charge in [-0.25, -0.2) is 4.98 Å². The number of rotatable bonds is 5. The Morgan fingerprint density at radius 3 is 2.83 bits per heavy atom. The number of nitrogens with two attached hydrogens (primary N) is 1. The van der Waals surface area contributed by atoms with E-state index in [-0.39, 0.29) is 29.5 Å². The normalized spacial score (nSPS) is 18.5. The Balaban J connectivity index is 1.68. The highest BCUT2D eigenvalue weighted by Gasteiger charge is 2.32. The van der Waals surface area contributed by atoms with Crippen molar-refractivity contribution < 1.29 is 14.3 Å². The van der Waals surface area contributed by atoms with E-state index < -0.39 is 5.91 Å². The Bertz CT molecular complexity index is 1160. The van der Waals surface area contributed by atoms with Crippen molar-refractivity contribution >= 4 is 5.91 Å². The average Bonchev–Trinajstić information content (AvgIpc) is 3.44. The summed E-state index contributed by atoms with van der Waals surface area (Å²) in [6.07, 6.45) is 10.4. The summed E-state index contributed by atoms with van der Waals surface area (Å²) in [6.45, 7) is 0. The topological polar surface area (TPSA) is 162 Å². The van der Waals surface area contributed by atoms with Gasteiger partial charge in [0.1, 0.15) is 11.4 Å². The van der Waals surface area contributed by atoms with E-state index >= 15 is 0 Å². The van der Waals surface area contributed by atoms with Gasteiger partial charge in [-0.1, -0.05) is 0 Å². The van der Waals surface area contributed by atoms with Crippen molar-refractivity contribution in [1.82, 2.24) is 34.9 Å². The molecule has 0 spiro atoms. The van der Waals surface area contributed by atoms with Gasteiger partial charge in [-0.15, -0.1) is 0 Å². The number of H-pyrrole nitrogens is 1. The van der Waals surface area contributed by atoms with Crippen molar-refractivity contribution in [3.8, 4) is 34.2 Å². The molecule has 0 radical (unpaired) electrons. The fourth-order valence-corrected chi connectivity index (χ4v) is 3.29. The molecular weight excluding hydrogens is 376 g/mol. The first-order valence-corrected chi connectivity index (χ1v) is 8.94. The van der Waals surface area contributed by atoms with Gasteiger partial charge in [-0.2, -0.15) is 10.2 Å². The number of hydrogen-bond acceptors (Lipinski definition) is 8. The molecule has 146 valence electrons. The molecule has 0 aliphatic heterocycles. The Hall–Kier alpha value is -3.86. The maximum absolute atomic E-state index is 12.1. The lowest BCUT2D eigenvalue weighted by Crippen LogP contribution is -2.31. The average molecular weight is 392 g/mol. The van der Waals surface area contributed by atoms with Crippen LogP contribution in [0.25, 0.3) is 34.2 Å². The van der Waals surface area contributed by atoms with Gasteiger partial charge in [0, 0.05) is 24.8 Å². The van der Waals surface area contributed by atoms with Crippen LogP contribution in [0.3, 0.4) is 0 Å². The van der Waals surface area contributed by atoms with Crippen LogP contribution in [-0.2, 0) is 0 Å². The van der Waals surface area contributed by atoms with E-state index in [4.69, 9.17) is 10.2 Å². The second-order valence-corrected chi connectivity index (χ2v) is 6.79. The third-order valence-electron chi connectivity index (χ3n) is 4.85. The molecule has 11 heteroatoms. The van der Waals surface area contributed by atoms with Gasteiger partial charge >= 0.3 is 0 Å². The molecule has 0 aromatic carbocycles. The largest absolute Gasteiger partial charge is 0.435 e. The lowest BCUT2D eigenvalue weighted by atomic mass is 9.90. The number of oxazole rings is 1. The summed E-state index contributed by atoms with van der Waals surface area (Å²) in [5, 5.41) is 20.8. The number of nitrogens with one attached hydrogen (secondary N) is 1. The fraction of sp³-hybridized carbons (Fsp3) is 0.222. The summed E-state index contributed by atoms with van der Waals surface area (Å²) in [7, 11) is 0. The number of aromatic nitrogens is 7. The molecule has 29 heavy (non-hydrogen) atoms. The highest BCUT2D eigenvalue weighted by Crippen LogP contribution is 2.38. The molecule has 4 aromatic rings. The number of carbonyl (C=O) groups is 1. The van der Waals surface area contributed by atoms with Crippen molar-refractivity contribution in [2.75, 3.05) is 0 Å². The molecule has 0 atom stereocenters. The minimum absolute atomic E-state index is 0.0143. The molecule has 1 fully saturated rings. The second-order valence-electron chi connectivity index (χ2n) is 6.79. The third kappa shape index (κ3) is 2.97. The standard InChI is InChI=1S/C18H16N8O3/c19-17(28)15-16(29-18(24-15)9-5-22-23-6-9)12-8-26(10-3-11(27)4-10)25-14(12)13-7-20-1-2-21-13/h1-2,5-8,10-11,27H,3-4H2,(H2,19,28)(H,22,23). The molecule has 4 aromatic heterocycles. The van der Waals surface area contributed by atoms with Crippen molar-refractivity contribution in [1.29, 1.82) is 0 Å². The molecule has 1 amide bonds. The van der Waals surface area contributed by atoms with Crippen molar-refractivity contribution in [2.24, 2.45) is 5.73 Å². The van der Waals surface area contributed by atoms with Gasteiger partial charge in [0.15, 0.2) is 11.5 Å². The van der Waals surface area contributed by atoms with Crippen LogP contribution in [0.2, 0.25) is 0 Å². The minimum Gasteiger partial charge on any atom is -0.435 e. The zero-order valence-electron chi connectivity index (χ0n) is 15.1. The fourth-order valence-electron chi connectivity index (χ4n) is 3.29. The summed E-state index contributed by atoms with van der Waals surface area (Å²) in [5.41, 5.74) is 7.63. The summed E-state index contributed by atoms with van der Waals surface area (Å²) in [4.78, 5) is 24.7. The van der Waals surface area contributed by atoms with Crippen LogP contribution in [-0.4, -0.2) is 52.0 Å². The highest BCUT2D eigenvalue weighted by atomic mass is 16.4. The van der Waals surface area contributed by atoms with Crippen molar-refractivity contribution in [2.45, 2.75) is 25.0 Å². The third-order valence-corrected chi connectivity index (χ3v) is 4.85. The zero-order valence-corrected chi connectivity index (χ0v) is 15.1. The van der Waals surface area contributed by atoms with E-state index in [2.05, 4.69) is 30.2 Å². The lowest BCUT2D eigenvalue weighted by Gasteiger charge is -2.31. The molecule has 1 saturated carbocycles. The van der Waals surface area contributed by atoms with Gasteiger partial charge in [0.05, 0.1) is 35.7 Å². The monoisotopic (exact) mass is 392 g/mol. The Morgan fingerprint density at radius 1 is 1.31 bits per heavy atom. The first-order chi connectivity index (χ1) is 14.1. The van der Waals surface area contributed by atoms with Gasteiger partial charge in [0.25, 0.3) is 5.91 Å². The summed E-state index contributed by atoms with van der Waals surface area (Å²) < 4.78 is 7.66. The molecule has 5 rings (SSSR count). The number of aliphatic hydroxyl groups is 1. The van der Waals surface area contributed by atoms with E-state index in [1.165, 1.54) is 6.20 Å². The van der Waals surface area contributed by atoms with Gasteiger partial charge in [-0.3, -0.25) is 24.5 Å². The molecule has 1 aliphatic carbocycles. The number of nitrogens with zero attached hydrogens (tertiary/aromatic N) is 6. The number of aromatic amines is 1. The molecule has 11 nitrogen and oxygen atoms in total. The number of hydrogen-bond donors (Lipinski definition) is 3. The van der Waals surface area contributed by atoms with E-state index in [0.717, 1.165) is 0 Å². The Labute approximate surface area is 163 Å². The smallest absolute Gasteiger partial charge is 0.271 e. The maximum atomic E-state index is 12.1. The Kier molecular flexibility index (Phi) is 3.95. The zero-order chi connectivity index (χ0) is 20.0. The van der Waals surface area contributed by atoms with Gasteiger partial charge in [-0.05, 0) is 12.8 Å². The minimum atomic E-state index is -0.726. The van der Waals surface area contributed by atoms with Crippen molar-refractivity contribution in [3.05, 3.63) is 42.9 Å². The molecule has 0 unspecified atom stereocenters. The molecule has 0 saturated heterocycles. The molecule has 4 N–H and O–H groups in total.